The van der Waals surface area contributed by atoms with Crippen molar-refractivity contribution >= 4 is 22.2 Å². The first-order valence-corrected chi connectivity index (χ1v) is 11.7. The van der Waals surface area contributed by atoms with Gasteiger partial charge in [-0.05, 0) is 50.6 Å². The van der Waals surface area contributed by atoms with Gasteiger partial charge in [0.15, 0.2) is 5.65 Å². The van der Waals surface area contributed by atoms with Crippen molar-refractivity contribution in [2.75, 3.05) is 44.2 Å². The van der Waals surface area contributed by atoms with Crippen LogP contribution in [0.5, 0.6) is 0 Å². The van der Waals surface area contributed by atoms with E-state index < -0.39 is 0 Å². The number of nitrogens with one attached hydrogen (secondary N) is 1. The summed E-state index contributed by atoms with van der Waals surface area (Å²) in [6.45, 7) is 8.67. The van der Waals surface area contributed by atoms with Crippen LogP contribution in [0.15, 0.2) is 48.9 Å². The summed E-state index contributed by atoms with van der Waals surface area (Å²) >= 11 is 0. The van der Waals surface area contributed by atoms with E-state index in [1.54, 1.807) is 0 Å². The zero-order valence-electron chi connectivity index (χ0n) is 18.5. The van der Waals surface area contributed by atoms with Gasteiger partial charge in [-0.25, -0.2) is 9.50 Å². The molecular weight excluding hydrogens is 398 g/mol. The van der Waals surface area contributed by atoms with Gasteiger partial charge < -0.3 is 10.2 Å². The van der Waals surface area contributed by atoms with Crippen molar-refractivity contribution in [2.45, 2.75) is 25.8 Å². The summed E-state index contributed by atoms with van der Waals surface area (Å²) in [5.41, 5.74) is 6.23. The Kier molecular flexibility index (Phi) is 5.00. The molecule has 3 aromatic heterocycles. The van der Waals surface area contributed by atoms with Crippen LogP contribution in [0.2, 0.25) is 0 Å². The van der Waals surface area contributed by atoms with Gasteiger partial charge in [-0.2, -0.15) is 5.10 Å². The number of nitrogens with zero attached hydrogens (tertiary/aromatic N) is 6. The van der Waals surface area contributed by atoms with Crippen molar-refractivity contribution in [3.05, 3.63) is 54.6 Å². The van der Waals surface area contributed by atoms with E-state index in [4.69, 9.17) is 4.98 Å². The maximum absolute atomic E-state index is 4.85. The molecule has 0 radical (unpaired) electrons. The molecule has 0 spiro atoms. The van der Waals surface area contributed by atoms with E-state index in [1.807, 2.05) is 29.9 Å². The van der Waals surface area contributed by atoms with E-state index in [0.29, 0.717) is 0 Å². The largest absolute Gasteiger partial charge is 0.366 e. The second-order valence-electron chi connectivity index (χ2n) is 8.97. The van der Waals surface area contributed by atoms with E-state index in [2.05, 4.69) is 55.7 Å². The molecule has 7 nitrogen and oxygen atoms in total. The molecule has 7 heteroatoms. The lowest BCUT2D eigenvalue weighted by Gasteiger charge is -2.41. The Bertz CT molecular complexity index is 1250. The van der Waals surface area contributed by atoms with Gasteiger partial charge in [-0.1, -0.05) is 18.2 Å². The van der Waals surface area contributed by atoms with Crippen molar-refractivity contribution in [3.63, 3.8) is 0 Å². The molecule has 0 unspecified atom stereocenters. The van der Waals surface area contributed by atoms with Gasteiger partial charge in [0.1, 0.15) is 0 Å². The van der Waals surface area contributed by atoms with E-state index in [-0.39, 0.29) is 0 Å². The van der Waals surface area contributed by atoms with Gasteiger partial charge in [0.25, 0.3) is 0 Å². The van der Waals surface area contributed by atoms with Crippen LogP contribution < -0.4 is 10.2 Å². The average Bonchev–Trinajstić information content (AvgIpc) is 3.27. The molecule has 32 heavy (non-hydrogen) atoms. The van der Waals surface area contributed by atoms with Crippen LogP contribution in [0.25, 0.3) is 27.7 Å². The summed E-state index contributed by atoms with van der Waals surface area (Å²) < 4.78 is 1.92. The van der Waals surface area contributed by atoms with Gasteiger partial charge in [-0.3, -0.25) is 9.88 Å². The minimum absolute atomic E-state index is 0.742. The molecule has 0 atom stereocenters. The summed E-state index contributed by atoms with van der Waals surface area (Å²) in [6.07, 6.45) is 8.61. The molecule has 164 valence electrons. The Morgan fingerprint density at radius 2 is 1.78 bits per heavy atom. The van der Waals surface area contributed by atoms with Crippen LogP contribution in [0.3, 0.4) is 0 Å². The van der Waals surface area contributed by atoms with Crippen LogP contribution in [0.1, 0.15) is 18.5 Å². The molecule has 5 heterocycles. The van der Waals surface area contributed by atoms with Crippen LogP contribution in [0.4, 0.5) is 5.69 Å². The number of hydrogen-bond acceptors (Lipinski definition) is 6. The molecule has 2 saturated heterocycles. The van der Waals surface area contributed by atoms with Crippen LogP contribution in [-0.4, -0.2) is 69.8 Å². The number of fused-ring (bicyclic) bond motifs is 2. The van der Waals surface area contributed by atoms with E-state index >= 15 is 0 Å². The third-order valence-electron chi connectivity index (χ3n) is 6.98. The number of piperazine rings is 1. The highest BCUT2D eigenvalue weighted by Gasteiger charge is 2.25. The molecule has 0 bridgehead atoms. The average molecular weight is 428 g/mol. The first-order chi connectivity index (χ1) is 15.8. The van der Waals surface area contributed by atoms with Crippen LogP contribution in [-0.2, 0) is 0 Å². The Labute approximate surface area is 188 Å². The molecule has 4 aromatic rings. The fraction of sp³-hybridized carbons (Fsp3) is 0.400. The Morgan fingerprint density at radius 1 is 0.969 bits per heavy atom. The van der Waals surface area contributed by atoms with Gasteiger partial charge in [0.2, 0.25) is 0 Å². The smallest absolute Gasteiger partial charge is 0.162 e. The number of pyridine rings is 1. The fourth-order valence-corrected chi connectivity index (χ4v) is 5.27. The lowest BCUT2D eigenvalue weighted by Crippen LogP contribution is -2.52. The van der Waals surface area contributed by atoms with Crippen molar-refractivity contribution in [1.29, 1.82) is 0 Å². The molecule has 2 fully saturated rings. The standard InChI is InChI=1S/C25H29N7/c1-18-14-22(21-4-2-3-5-24(21)29-18)23-16-28-32-17-20(15-27-25(23)32)31-12-10-30(11-13-31)19-6-8-26-9-7-19/h2-5,14-17,19,26H,6-13H2,1H3. The Hall–Kier alpha value is -3.03. The highest BCUT2D eigenvalue weighted by molar-refractivity contribution is 5.98. The predicted octanol–water partition coefficient (Wildman–Crippen LogP) is 3.13. The number of rotatable bonds is 3. The fourth-order valence-electron chi connectivity index (χ4n) is 5.27. The monoisotopic (exact) mass is 427 g/mol. The quantitative estimate of drug-likeness (QED) is 0.542. The number of hydrogen-bond donors (Lipinski definition) is 1. The summed E-state index contributed by atoms with van der Waals surface area (Å²) in [4.78, 5) is 14.6. The number of para-hydroxylation sites is 1. The molecule has 2 aliphatic heterocycles. The molecule has 1 aromatic carbocycles. The third-order valence-corrected chi connectivity index (χ3v) is 6.98. The summed E-state index contributed by atoms with van der Waals surface area (Å²) in [7, 11) is 0. The van der Waals surface area contributed by atoms with Gasteiger partial charge >= 0.3 is 0 Å². The van der Waals surface area contributed by atoms with Crippen molar-refractivity contribution < 1.29 is 0 Å². The molecule has 0 amide bonds. The SMILES string of the molecule is Cc1cc(-c2cnn3cc(N4CCN(C5CCNCC5)CC4)cnc23)c2ccccc2n1. The first kappa shape index (κ1) is 19.6. The normalized spacial score (nSPS) is 18.6. The summed E-state index contributed by atoms with van der Waals surface area (Å²) in [5.74, 6) is 0. The maximum Gasteiger partial charge on any atom is 0.162 e. The minimum atomic E-state index is 0.742. The van der Waals surface area contributed by atoms with Crippen molar-refractivity contribution in [1.82, 2.24) is 29.8 Å². The van der Waals surface area contributed by atoms with Gasteiger partial charge in [0.05, 0.1) is 29.8 Å². The number of benzene rings is 1. The number of anilines is 1. The molecule has 0 saturated carbocycles. The second-order valence-corrected chi connectivity index (χ2v) is 8.97. The van der Waals surface area contributed by atoms with E-state index in [9.17, 15) is 0 Å². The number of aryl methyl sites for hydroxylation is 1. The highest BCUT2D eigenvalue weighted by Crippen LogP contribution is 2.31. The third kappa shape index (κ3) is 3.51. The van der Waals surface area contributed by atoms with Crippen molar-refractivity contribution in [3.8, 4) is 11.1 Å². The second kappa shape index (κ2) is 8.15. The van der Waals surface area contributed by atoms with Crippen LogP contribution >= 0.6 is 0 Å². The van der Waals surface area contributed by atoms with Crippen LogP contribution in [0, 0.1) is 6.92 Å². The Balaban J connectivity index is 1.27. The van der Waals surface area contributed by atoms with Crippen molar-refractivity contribution in [2.24, 2.45) is 0 Å². The molecule has 0 aliphatic carbocycles. The predicted molar refractivity (Wildman–Crippen MR) is 128 cm³/mol. The number of piperidine rings is 1. The molecular formula is C25H29N7. The lowest BCUT2D eigenvalue weighted by atomic mass is 10.0. The molecule has 2 aliphatic rings. The zero-order chi connectivity index (χ0) is 21.5. The zero-order valence-corrected chi connectivity index (χ0v) is 18.5. The molecule has 1 N–H and O–H groups in total. The first-order valence-electron chi connectivity index (χ1n) is 11.7. The Morgan fingerprint density at radius 3 is 2.62 bits per heavy atom. The van der Waals surface area contributed by atoms with E-state index in [0.717, 1.165) is 84.4 Å². The summed E-state index contributed by atoms with van der Waals surface area (Å²) in [6, 6.07) is 11.2. The maximum atomic E-state index is 4.85. The highest BCUT2D eigenvalue weighted by atomic mass is 15.3. The number of aromatic nitrogens is 4. The topological polar surface area (TPSA) is 61.6 Å². The lowest BCUT2D eigenvalue weighted by molar-refractivity contribution is 0.153. The van der Waals surface area contributed by atoms with E-state index in [1.165, 1.54) is 12.8 Å². The minimum Gasteiger partial charge on any atom is -0.366 e. The summed E-state index contributed by atoms with van der Waals surface area (Å²) in [5, 5.41) is 9.27. The van der Waals surface area contributed by atoms with Gasteiger partial charge in [0, 0.05) is 48.9 Å². The van der Waals surface area contributed by atoms with Gasteiger partial charge in [-0.15, -0.1) is 0 Å². The molecule has 6 rings (SSSR count).